The third kappa shape index (κ3) is 8.65. The Hall–Kier alpha value is -6.15. The third-order valence-electron chi connectivity index (χ3n) is 8.12. The second-order valence-corrected chi connectivity index (χ2v) is 12.3. The first-order valence-electron chi connectivity index (χ1n) is 16.1. The Kier molecular flexibility index (Phi) is 11.1. The molecule has 8 nitrogen and oxygen atoms in total. The lowest BCUT2D eigenvalue weighted by atomic mass is 9.93. The van der Waals surface area contributed by atoms with Crippen molar-refractivity contribution in [2.24, 2.45) is 0 Å². The summed E-state index contributed by atoms with van der Waals surface area (Å²) in [6.07, 6.45) is 2.03. The molecule has 50 heavy (non-hydrogen) atoms. The third-order valence-corrected chi connectivity index (χ3v) is 8.12. The lowest BCUT2D eigenvalue weighted by Crippen LogP contribution is -2.21. The SMILES string of the molecule is Cc1cc(OCC=C(c2ccc(-c3cccc(C(=O)N(C)C)c3)cc2)c2ccc(-c3cccc(C(=O)N(C)C)c3)cc2)ccc1OCC(=O)O. The summed E-state index contributed by atoms with van der Waals surface area (Å²) < 4.78 is 11.5. The first kappa shape index (κ1) is 35.2. The minimum absolute atomic E-state index is 0.0502. The molecule has 0 aliphatic rings. The summed E-state index contributed by atoms with van der Waals surface area (Å²) >= 11 is 0. The van der Waals surface area contributed by atoms with E-state index in [1.54, 1.807) is 50.1 Å². The lowest BCUT2D eigenvalue weighted by Gasteiger charge is -2.14. The van der Waals surface area contributed by atoms with Gasteiger partial charge < -0.3 is 24.4 Å². The van der Waals surface area contributed by atoms with E-state index in [0.717, 1.165) is 44.5 Å². The van der Waals surface area contributed by atoms with Crippen molar-refractivity contribution in [1.29, 1.82) is 0 Å². The van der Waals surface area contributed by atoms with Crippen molar-refractivity contribution in [3.05, 3.63) is 149 Å². The van der Waals surface area contributed by atoms with Crippen molar-refractivity contribution >= 4 is 23.4 Å². The highest BCUT2D eigenvalue weighted by atomic mass is 16.5. The van der Waals surface area contributed by atoms with Gasteiger partial charge in [-0.05, 0) is 100.0 Å². The van der Waals surface area contributed by atoms with Crippen molar-refractivity contribution in [2.75, 3.05) is 41.4 Å². The summed E-state index contributed by atoms with van der Waals surface area (Å²) in [5.74, 6) is -0.0175. The average Bonchev–Trinajstić information content (AvgIpc) is 3.12. The molecule has 5 aromatic rings. The molecule has 1 N–H and O–H groups in total. The quantitative estimate of drug-likeness (QED) is 0.146. The molecule has 0 aliphatic heterocycles. The zero-order valence-corrected chi connectivity index (χ0v) is 28.8. The van der Waals surface area contributed by atoms with Gasteiger partial charge in [0.25, 0.3) is 11.8 Å². The highest BCUT2D eigenvalue weighted by Crippen LogP contribution is 2.30. The number of carbonyl (C=O) groups is 3. The molecular weight excluding hydrogens is 628 g/mol. The van der Waals surface area contributed by atoms with Gasteiger partial charge in [-0.15, -0.1) is 0 Å². The summed E-state index contributed by atoms with van der Waals surface area (Å²) in [5.41, 5.74) is 8.83. The Labute approximate surface area is 292 Å². The predicted octanol–water partition coefficient (Wildman–Crippen LogP) is 7.71. The molecular formula is C42H40N2O6. The van der Waals surface area contributed by atoms with Crippen molar-refractivity contribution in [3.63, 3.8) is 0 Å². The van der Waals surface area contributed by atoms with Gasteiger partial charge in [-0.3, -0.25) is 9.59 Å². The van der Waals surface area contributed by atoms with E-state index >= 15 is 0 Å². The maximum atomic E-state index is 12.6. The van der Waals surface area contributed by atoms with Gasteiger partial charge in [-0.25, -0.2) is 4.79 Å². The molecule has 0 bridgehead atoms. The van der Waals surface area contributed by atoms with Crippen LogP contribution in [0, 0.1) is 6.92 Å². The Morgan fingerprint density at radius 2 is 1.10 bits per heavy atom. The Morgan fingerprint density at radius 3 is 1.54 bits per heavy atom. The summed E-state index contributed by atoms with van der Waals surface area (Å²) in [7, 11) is 6.96. The van der Waals surface area contributed by atoms with E-state index in [1.807, 2.05) is 91.9 Å². The monoisotopic (exact) mass is 668 g/mol. The molecule has 0 unspecified atom stereocenters. The van der Waals surface area contributed by atoms with Crippen LogP contribution in [0.5, 0.6) is 11.5 Å². The van der Waals surface area contributed by atoms with Crippen LogP contribution in [0.1, 0.15) is 37.4 Å². The van der Waals surface area contributed by atoms with Crippen LogP contribution in [-0.4, -0.2) is 74.1 Å². The Bertz CT molecular complexity index is 1920. The fraction of sp³-hybridized carbons (Fsp3) is 0.167. The van der Waals surface area contributed by atoms with E-state index in [-0.39, 0.29) is 18.4 Å². The first-order valence-corrected chi connectivity index (χ1v) is 16.1. The van der Waals surface area contributed by atoms with E-state index in [0.29, 0.717) is 22.6 Å². The number of amides is 2. The molecule has 2 amide bonds. The van der Waals surface area contributed by atoms with Crippen LogP contribution in [0.25, 0.3) is 27.8 Å². The van der Waals surface area contributed by atoms with Crippen molar-refractivity contribution in [3.8, 4) is 33.8 Å². The molecule has 254 valence electrons. The molecule has 0 saturated carbocycles. The zero-order valence-electron chi connectivity index (χ0n) is 28.8. The van der Waals surface area contributed by atoms with Crippen LogP contribution in [-0.2, 0) is 4.79 Å². The van der Waals surface area contributed by atoms with E-state index in [1.165, 1.54) is 0 Å². The Balaban J connectivity index is 1.44. The predicted molar refractivity (Wildman–Crippen MR) is 197 cm³/mol. The van der Waals surface area contributed by atoms with Gasteiger partial charge in [0.2, 0.25) is 0 Å². The Morgan fingerprint density at radius 1 is 0.600 bits per heavy atom. The van der Waals surface area contributed by atoms with Crippen LogP contribution >= 0.6 is 0 Å². The number of carboxylic acid groups (broad SMARTS) is 1. The topological polar surface area (TPSA) is 96.4 Å². The highest BCUT2D eigenvalue weighted by Gasteiger charge is 2.13. The number of hydrogen-bond donors (Lipinski definition) is 1. The lowest BCUT2D eigenvalue weighted by molar-refractivity contribution is -0.139. The molecule has 0 heterocycles. The largest absolute Gasteiger partial charge is 0.489 e. The number of ether oxygens (including phenoxy) is 2. The molecule has 0 atom stereocenters. The van der Waals surface area contributed by atoms with Gasteiger partial charge in [0, 0.05) is 39.3 Å². The van der Waals surface area contributed by atoms with Crippen LogP contribution in [0.15, 0.2) is 121 Å². The molecule has 0 saturated heterocycles. The standard InChI is InChI=1S/C42H40N2O6/c1-28-24-37(20-21-39(28)50-27-40(45)46)49-23-22-38(31-16-12-29(13-17-31)33-8-6-10-35(25-33)41(47)43(2)3)32-18-14-30(15-19-32)34-9-7-11-36(26-34)42(48)44(4)5/h6-22,24-26H,23,27H2,1-5H3,(H,45,46). The van der Waals surface area contributed by atoms with E-state index in [4.69, 9.17) is 14.6 Å². The summed E-state index contributed by atoms with van der Waals surface area (Å²) in [5, 5.41) is 8.94. The maximum Gasteiger partial charge on any atom is 0.341 e. The fourth-order valence-electron chi connectivity index (χ4n) is 5.50. The van der Waals surface area contributed by atoms with Gasteiger partial charge in [0.15, 0.2) is 6.61 Å². The number of nitrogens with zero attached hydrogens (tertiary/aromatic N) is 2. The zero-order chi connectivity index (χ0) is 35.8. The van der Waals surface area contributed by atoms with Gasteiger partial charge in [-0.2, -0.15) is 0 Å². The number of aryl methyl sites for hydroxylation is 1. The normalized spacial score (nSPS) is 10.6. The second kappa shape index (κ2) is 15.8. The minimum Gasteiger partial charge on any atom is -0.489 e. The van der Waals surface area contributed by atoms with Crippen LogP contribution < -0.4 is 9.47 Å². The number of carbonyl (C=O) groups excluding carboxylic acids is 2. The van der Waals surface area contributed by atoms with Crippen LogP contribution in [0.3, 0.4) is 0 Å². The van der Waals surface area contributed by atoms with Gasteiger partial charge in [0.1, 0.15) is 18.1 Å². The molecule has 0 fully saturated rings. The second-order valence-electron chi connectivity index (χ2n) is 12.3. The first-order chi connectivity index (χ1) is 24.0. The van der Waals surface area contributed by atoms with Gasteiger partial charge in [0.05, 0.1) is 0 Å². The van der Waals surface area contributed by atoms with Crippen LogP contribution in [0.4, 0.5) is 0 Å². The molecule has 5 aromatic carbocycles. The van der Waals surface area contributed by atoms with E-state index in [9.17, 15) is 14.4 Å². The molecule has 0 radical (unpaired) electrons. The minimum atomic E-state index is -1.04. The fourth-order valence-corrected chi connectivity index (χ4v) is 5.50. The molecule has 5 rings (SSSR count). The maximum absolute atomic E-state index is 12.6. The average molecular weight is 669 g/mol. The summed E-state index contributed by atoms with van der Waals surface area (Å²) in [6.45, 7) is 1.70. The number of aliphatic carboxylic acids is 1. The van der Waals surface area contributed by atoms with Gasteiger partial charge >= 0.3 is 5.97 Å². The molecule has 0 aliphatic carbocycles. The molecule has 0 aromatic heterocycles. The number of carboxylic acids is 1. The van der Waals surface area contributed by atoms with Crippen LogP contribution in [0.2, 0.25) is 0 Å². The van der Waals surface area contributed by atoms with Crippen molar-refractivity contribution < 1.29 is 29.0 Å². The molecule has 0 spiro atoms. The highest BCUT2D eigenvalue weighted by molar-refractivity contribution is 5.96. The van der Waals surface area contributed by atoms with Crippen molar-refractivity contribution in [2.45, 2.75) is 6.92 Å². The summed E-state index contributed by atoms with van der Waals surface area (Å²) in [4.78, 5) is 39.2. The van der Waals surface area contributed by atoms with E-state index < -0.39 is 12.6 Å². The molecule has 8 heteroatoms. The van der Waals surface area contributed by atoms with Gasteiger partial charge in [-0.1, -0.05) is 72.8 Å². The number of hydrogen-bond acceptors (Lipinski definition) is 5. The van der Waals surface area contributed by atoms with Crippen molar-refractivity contribution in [1.82, 2.24) is 9.80 Å². The smallest absolute Gasteiger partial charge is 0.341 e. The number of rotatable bonds is 12. The van der Waals surface area contributed by atoms with E-state index in [2.05, 4.69) is 24.3 Å². The summed E-state index contributed by atoms with van der Waals surface area (Å²) in [6, 6.07) is 36.9. The number of benzene rings is 5.